The van der Waals surface area contributed by atoms with Crippen LogP contribution >= 0.6 is 0 Å². The monoisotopic (exact) mass is 358 g/mol. The molecule has 26 heavy (non-hydrogen) atoms. The van der Waals surface area contributed by atoms with Crippen molar-refractivity contribution in [2.75, 3.05) is 39.4 Å². The van der Waals surface area contributed by atoms with Crippen molar-refractivity contribution in [1.82, 2.24) is 9.80 Å². The molecule has 1 atom stereocenters. The van der Waals surface area contributed by atoms with Crippen LogP contribution in [0.25, 0.3) is 6.08 Å². The third-order valence-electron chi connectivity index (χ3n) is 6.24. The van der Waals surface area contributed by atoms with Crippen molar-refractivity contribution in [2.45, 2.75) is 45.1 Å². The van der Waals surface area contributed by atoms with Crippen LogP contribution in [-0.2, 0) is 9.53 Å². The zero-order valence-corrected chi connectivity index (χ0v) is 15.8. The molecule has 3 fully saturated rings. The Kier molecular flexibility index (Phi) is 5.18. The molecule has 1 amide bonds. The van der Waals surface area contributed by atoms with E-state index in [1.54, 1.807) is 6.26 Å². The Morgan fingerprint density at radius 1 is 1.31 bits per heavy atom. The predicted molar refractivity (Wildman–Crippen MR) is 101 cm³/mol. The molecular formula is C21H30N2O3. The number of hydrogen-bond donors (Lipinski definition) is 0. The van der Waals surface area contributed by atoms with Crippen molar-refractivity contribution in [1.29, 1.82) is 0 Å². The Labute approximate surface area is 156 Å². The van der Waals surface area contributed by atoms with Gasteiger partial charge in [-0.05, 0) is 63.8 Å². The minimum absolute atomic E-state index is 0.151. The molecule has 1 aromatic heterocycles. The van der Waals surface area contributed by atoms with E-state index in [4.69, 9.17) is 9.15 Å². The van der Waals surface area contributed by atoms with E-state index in [2.05, 4.69) is 22.8 Å². The second-order valence-corrected chi connectivity index (χ2v) is 8.19. The Bertz CT molecular complexity index is 648. The number of amides is 1. The molecule has 0 aliphatic carbocycles. The van der Waals surface area contributed by atoms with Crippen molar-refractivity contribution in [2.24, 2.45) is 5.41 Å². The summed E-state index contributed by atoms with van der Waals surface area (Å²) in [6.07, 6.45) is 8.98. The summed E-state index contributed by atoms with van der Waals surface area (Å²) in [4.78, 5) is 18.0. The molecule has 142 valence electrons. The molecule has 3 saturated heterocycles. The molecule has 1 spiro atoms. The van der Waals surface area contributed by atoms with Crippen molar-refractivity contribution < 1.29 is 13.9 Å². The summed E-state index contributed by atoms with van der Waals surface area (Å²) >= 11 is 0. The number of ether oxygens (including phenoxy) is 1. The number of rotatable bonds is 4. The van der Waals surface area contributed by atoms with Gasteiger partial charge in [-0.25, -0.2) is 0 Å². The SMILES string of the molecule is C/C(=C\c1ccco1)CN1CCC2(CCCN(C3CCOCC3)C2=O)C1. The minimum atomic E-state index is -0.151. The van der Waals surface area contributed by atoms with Gasteiger partial charge in [-0.15, -0.1) is 0 Å². The van der Waals surface area contributed by atoms with E-state index < -0.39 is 0 Å². The molecule has 4 heterocycles. The van der Waals surface area contributed by atoms with Crippen LogP contribution in [-0.4, -0.2) is 61.1 Å². The Hall–Kier alpha value is -1.59. The predicted octanol–water partition coefficient (Wildman–Crippen LogP) is 3.18. The number of carbonyl (C=O) groups is 1. The fraction of sp³-hybridized carbons (Fsp3) is 0.667. The molecule has 1 aromatic rings. The molecule has 5 nitrogen and oxygen atoms in total. The van der Waals surface area contributed by atoms with Gasteiger partial charge >= 0.3 is 0 Å². The zero-order valence-electron chi connectivity index (χ0n) is 15.8. The lowest BCUT2D eigenvalue weighted by molar-refractivity contribution is -0.150. The van der Waals surface area contributed by atoms with Gasteiger partial charge in [-0.3, -0.25) is 9.69 Å². The third kappa shape index (κ3) is 3.60. The van der Waals surface area contributed by atoms with E-state index in [1.807, 2.05) is 12.1 Å². The van der Waals surface area contributed by atoms with Gasteiger partial charge in [0, 0.05) is 38.9 Å². The van der Waals surface area contributed by atoms with Gasteiger partial charge in [0.25, 0.3) is 0 Å². The van der Waals surface area contributed by atoms with E-state index in [0.29, 0.717) is 11.9 Å². The maximum Gasteiger partial charge on any atom is 0.230 e. The Balaban J connectivity index is 1.40. The molecule has 0 saturated carbocycles. The van der Waals surface area contributed by atoms with Crippen LogP contribution in [0.4, 0.5) is 0 Å². The minimum Gasteiger partial charge on any atom is -0.465 e. The van der Waals surface area contributed by atoms with Crippen molar-refractivity contribution in [3.05, 3.63) is 29.7 Å². The molecule has 0 aromatic carbocycles. The third-order valence-corrected chi connectivity index (χ3v) is 6.24. The second kappa shape index (κ2) is 7.57. The lowest BCUT2D eigenvalue weighted by Crippen LogP contribution is -2.54. The van der Waals surface area contributed by atoms with Crippen molar-refractivity contribution >= 4 is 12.0 Å². The number of carbonyl (C=O) groups excluding carboxylic acids is 1. The summed E-state index contributed by atoms with van der Waals surface area (Å²) in [6, 6.07) is 4.28. The molecule has 0 radical (unpaired) electrons. The van der Waals surface area contributed by atoms with E-state index in [0.717, 1.165) is 77.3 Å². The van der Waals surface area contributed by atoms with Crippen LogP contribution < -0.4 is 0 Å². The first kappa shape index (κ1) is 17.8. The van der Waals surface area contributed by atoms with Gasteiger partial charge in [0.05, 0.1) is 11.7 Å². The van der Waals surface area contributed by atoms with Gasteiger partial charge in [0.1, 0.15) is 5.76 Å². The number of likely N-dealkylation sites (tertiary alicyclic amines) is 2. The molecule has 3 aliphatic rings. The standard InChI is InChI=1S/C21H30N2O3/c1-17(14-19-4-2-11-26-19)15-22-10-8-21(16-22)7-3-9-23(20(21)24)18-5-12-25-13-6-18/h2,4,11,14,18H,3,5-10,12-13,15-16H2,1H3/b17-14+. The van der Waals surface area contributed by atoms with E-state index in [-0.39, 0.29) is 5.41 Å². The molecule has 4 rings (SSSR count). The van der Waals surface area contributed by atoms with Gasteiger partial charge in [0.2, 0.25) is 5.91 Å². The van der Waals surface area contributed by atoms with Gasteiger partial charge in [0.15, 0.2) is 0 Å². The molecular weight excluding hydrogens is 328 g/mol. The van der Waals surface area contributed by atoms with Crippen LogP contribution in [0, 0.1) is 5.41 Å². The van der Waals surface area contributed by atoms with Gasteiger partial charge in [-0.1, -0.05) is 5.57 Å². The number of nitrogens with zero attached hydrogens (tertiary/aromatic N) is 2. The van der Waals surface area contributed by atoms with Crippen LogP contribution in [0.5, 0.6) is 0 Å². The molecule has 3 aliphatic heterocycles. The molecule has 0 bridgehead atoms. The Morgan fingerprint density at radius 3 is 2.92 bits per heavy atom. The summed E-state index contributed by atoms with van der Waals surface area (Å²) in [5.74, 6) is 1.31. The first-order valence-electron chi connectivity index (χ1n) is 9.98. The molecule has 1 unspecified atom stereocenters. The van der Waals surface area contributed by atoms with E-state index >= 15 is 0 Å². The highest BCUT2D eigenvalue weighted by atomic mass is 16.5. The summed E-state index contributed by atoms with van der Waals surface area (Å²) in [7, 11) is 0. The van der Waals surface area contributed by atoms with Gasteiger partial charge < -0.3 is 14.1 Å². The summed E-state index contributed by atoms with van der Waals surface area (Å²) in [5, 5.41) is 0. The zero-order chi connectivity index (χ0) is 18.0. The summed E-state index contributed by atoms with van der Waals surface area (Å²) in [6.45, 7) is 7.49. The van der Waals surface area contributed by atoms with Crippen LogP contribution in [0.15, 0.2) is 28.4 Å². The lowest BCUT2D eigenvalue weighted by atomic mass is 9.77. The largest absolute Gasteiger partial charge is 0.465 e. The van der Waals surface area contributed by atoms with E-state index in [1.165, 1.54) is 5.57 Å². The normalized spacial score (nSPS) is 29.0. The van der Waals surface area contributed by atoms with Crippen LogP contribution in [0.2, 0.25) is 0 Å². The van der Waals surface area contributed by atoms with Crippen molar-refractivity contribution in [3.63, 3.8) is 0 Å². The quantitative estimate of drug-likeness (QED) is 0.829. The fourth-order valence-corrected chi connectivity index (χ4v) is 4.93. The number of hydrogen-bond acceptors (Lipinski definition) is 4. The Morgan fingerprint density at radius 2 is 2.15 bits per heavy atom. The smallest absolute Gasteiger partial charge is 0.230 e. The fourth-order valence-electron chi connectivity index (χ4n) is 4.93. The summed E-state index contributed by atoms with van der Waals surface area (Å²) < 4.78 is 10.9. The average Bonchev–Trinajstić information content (AvgIpc) is 3.29. The summed E-state index contributed by atoms with van der Waals surface area (Å²) in [5.41, 5.74) is 1.13. The molecule has 5 heteroatoms. The van der Waals surface area contributed by atoms with E-state index in [9.17, 15) is 4.79 Å². The maximum absolute atomic E-state index is 13.4. The topological polar surface area (TPSA) is 45.9 Å². The highest BCUT2D eigenvalue weighted by molar-refractivity contribution is 5.84. The van der Waals surface area contributed by atoms with Crippen molar-refractivity contribution in [3.8, 4) is 0 Å². The van der Waals surface area contributed by atoms with Gasteiger partial charge in [-0.2, -0.15) is 0 Å². The number of furan rings is 1. The average molecular weight is 358 g/mol. The van der Waals surface area contributed by atoms with Crippen LogP contribution in [0.1, 0.15) is 44.8 Å². The lowest BCUT2D eigenvalue weighted by Gasteiger charge is -2.44. The van der Waals surface area contributed by atoms with Crippen LogP contribution in [0.3, 0.4) is 0 Å². The molecule has 0 N–H and O–H groups in total. The highest BCUT2D eigenvalue weighted by Gasteiger charge is 2.49. The number of piperidine rings is 1. The maximum atomic E-state index is 13.4. The highest BCUT2D eigenvalue weighted by Crippen LogP contribution is 2.41. The first-order chi connectivity index (χ1) is 12.7. The second-order valence-electron chi connectivity index (χ2n) is 8.19. The first-order valence-corrected chi connectivity index (χ1v) is 9.98.